The van der Waals surface area contributed by atoms with Crippen molar-refractivity contribution < 1.29 is 63.0 Å². The molecule has 0 aliphatic carbocycles. The van der Waals surface area contributed by atoms with Crippen molar-refractivity contribution in [2.45, 2.75) is 147 Å². The summed E-state index contributed by atoms with van der Waals surface area (Å²) in [6.07, 6.45) is 1.53. The summed E-state index contributed by atoms with van der Waals surface area (Å²) in [4.78, 5) is 162. The van der Waals surface area contributed by atoms with Crippen molar-refractivity contribution in [3.63, 3.8) is 0 Å². The molecule has 9 amide bonds. The summed E-state index contributed by atoms with van der Waals surface area (Å²) in [5.74, 6) is -12.1. The second-order valence-electron chi connectivity index (χ2n) is 21.2. The Kier molecular flexibility index (Phi) is 19.8. The first-order chi connectivity index (χ1) is 37.3. The highest BCUT2D eigenvalue weighted by atomic mass is 16.4. The third-order valence-electron chi connectivity index (χ3n) is 13.8. The Morgan fingerprint density at radius 3 is 2.14 bits per heavy atom. The van der Waals surface area contributed by atoms with Gasteiger partial charge in [-0.25, -0.2) is 9.78 Å². The van der Waals surface area contributed by atoms with Crippen molar-refractivity contribution in [1.82, 2.24) is 62.4 Å². The van der Waals surface area contributed by atoms with E-state index in [1.54, 1.807) is 32.0 Å². The average Bonchev–Trinajstić information content (AvgIpc) is 4.36. The van der Waals surface area contributed by atoms with Crippen molar-refractivity contribution in [1.29, 1.82) is 0 Å². The van der Waals surface area contributed by atoms with Crippen LogP contribution in [0.4, 0.5) is 0 Å². The number of nitrogens with zero attached hydrogens (tertiary/aromatic N) is 3. The number of carboxylic acids is 2. The largest absolute Gasteiger partial charge is 0.481 e. The number of carbonyl (C=O) groups excluding carboxylic acids is 9. The zero-order chi connectivity index (χ0) is 58.0. The fourth-order valence-corrected chi connectivity index (χ4v) is 9.90. The molecule has 1 aromatic carbocycles. The molecule has 7 rings (SSSR count). The Morgan fingerprint density at radius 2 is 1.51 bits per heavy atom. The van der Waals surface area contributed by atoms with Crippen LogP contribution in [0.5, 0.6) is 0 Å². The van der Waals surface area contributed by atoms with E-state index < -0.39 is 139 Å². The van der Waals surface area contributed by atoms with E-state index in [9.17, 15) is 63.0 Å². The van der Waals surface area contributed by atoms with E-state index in [4.69, 9.17) is 11.5 Å². The standard InChI is InChI=1S/C51H71N15O13/c1-22(2)14-32-47(75)64-40(24(5)6)48(76)62-34-17-28-27-10-9-25(39(23(3)4)41(49(77)61-32)65-44(72)30-11-12-36(67)57-30)15-31(27)59-42(28)66-20-26(56-21-66)16-33(45(73)63-35(50(78)79)18-38(69)70)58-37(68)19-55-43(71)29(60-46(34)74)8-7-13-54-51(52)53/h9-10,15,20-24,29-30,32-35,39-41,59H,7-8,11-14,16-19H2,1-6H3,(H,55,71)(H,57,67)(H,58,68)(H,60,74)(H,61,77)(H,62,76)(H,63,73)(H,64,75)(H,65,72)(H,69,70)(H,78,79)(H4,52,53,54)/t29-,30-,32-,33+,34-,35-,39+,40-,41-/m0/s1. The molecule has 28 heteroatoms. The molecule has 6 heterocycles. The summed E-state index contributed by atoms with van der Waals surface area (Å²) in [7, 11) is 0. The van der Waals surface area contributed by atoms with Crippen molar-refractivity contribution in [2.75, 3.05) is 13.1 Å². The van der Waals surface area contributed by atoms with E-state index >= 15 is 0 Å². The lowest BCUT2D eigenvalue weighted by Crippen LogP contribution is -2.61. The SMILES string of the molecule is CC(C)C[C@@H]1NC(=O)[C@@H](NC(=O)[C@@H]2CCC(=O)N2)[C@H](C(C)C)c2ccc3c4c([nH]c3c2)-n2cnc(c2)C[C@H](C(=O)N[C@@H](CC(=O)O)C(=O)O)NC(=O)CNC(=O)[C@H](CCCN=C(N)N)NC(=O)[C@H](C4)NC(=O)[C@H](C(C)C)NC1=O. The molecule has 28 nitrogen and oxygen atoms in total. The minimum atomic E-state index is -1.90. The fraction of sp³-hybridized carbons (Fsp3) is 0.549. The number of nitrogens with one attached hydrogen (secondary N) is 10. The number of rotatable bonds is 15. The molecular weight excluding hydrogens is 1030 g/mol. The number of carbonyl (C=O) groups is 11. The van der Waals surface area contributed by atoms with Gasteiger partial charge in [-0.1, -0.05) is 53.7 Å². The van der Waals surface area contributed by atoms with Crippen LogP contribution in [-0.4, -0.2) is 157 Å². The van der Waals surface area contributed by atoms with E-state index in [0.29, 0.717) is 22.0 Å². The predicted molar refractivity (Wildman–Crippen MR) is 282 cm³/mol. The van der Waals surface area contributed by atoms with Crippen LogP contribution in [0, 0.1) is 17.8 Å². The lowest BCUT2D eigenvalue weighted by atomic mass is 9.81. The summed E-state index contributed by atoms with van der Waals surface area (Å²) in [5, 5.41) is 43.4. The number of imidazole rings is 1. The minimum absolute atomic E-state index is 0.0175. The smallest absolute Gasteiger partial charge is 0.326 e. The number of carboxylic acid groups (broad SMARTS) is 2. The molecule has 2 aromatic heterocycles. The summed E-state index contributed by atoms with van der Waals surface area (Å²) in [6.45, 7) is 9.96. The summed E-state index contributed by atoms with van der Waals surface area (Å²) < 4.78 is 1.51. The number of aromatic amines is 1. The Labute approximate surface area is 453 Å². The first-order valence-corrected chi connectivity index (χ1v) is 26.2. The molecule has 1 saturated heterocycles. The molecule has 4 aliphatic rings. The van der Waals surface area contributed by atoms with Crippen LogP contribution in [-0.2, 0) is 65.6 Å². The van der Waals surface area contributed by atoms with Gasteiger partial charge in [0, 0.05) is 54.4 Å². The third kappa shape index (κ3) is 15.6. The van der Waals surface area contributed by atoms with E-state index in [2.05, 4.69) is 62.8 Å². The van der Waals surface area contributed by atoms with Gasteiger partial charge in [0.15, 0.2) is 5.96 Å². The maximum absolute atomic E-state index is 15.0. The normalized spacial score (nSPS) is 23.9. The zero-order valence-corrected chi connectivity index (χ0v) is 44.8. The molecule has 1 fully saturated rings. The molecule has 0 saturated carbocycles. The number of aromatic nitrogens is 3. The van der Waals surface area contributed by atoms with Gasteiger partial charge in [0.25, 0.3) is 0 Å². The second kappa shape index (κ2) is 26.2. The third-order valence-corrected chi connectivity index (χ3v) is 13.8. The van der Waals surface area contributed by atoms with Gasteiger partial charge in [-0.2, -0.15) is 0 Å². The molecule has 7 bridgehead atoms. The number of amides is 9. The van der Waals surface area contributed by atoms with Crippen molar-refractivity contribution in [2.24, 2.45) is 34.2 Å². The number of guanidine groups is 1. The molecule has 79 heavy (non-hydrogen) atoms. The molecule has 3 aromatic rings. The first-order valence-electron chi connectivity index (χ1n) is 26.2. The van der Waals surface area contributed by atoms with Crippen LogP contribution in [0.15, 0.2) is 35.7 Å². The molecular formula is C51H71N15O13. The quantitative estimate of drug-likeness (QED) is 0.0319. The molecule has 16 N–H and O–H groups in total. The topological polar surface area (TPSA) is 435 Å². The molecule has 428 valence electrons. The number of aliphatic carboxylic acids is 2. The van der Waals surface area contributed by atoms with E-state index in [-0.39, 0.29) is 80.3 Å². The van der Waals surface area contributed by atoms with Crippen molar-refractivity contribution >= 4 is 82.0 Å². The lowest BCUT2D eigenvalue weighted by Gasteiger charge is -2.33. The average molecular weight is 1100 g/mol. The summed E-state index contributed by atoms with van der Waals surface area (Å²) >= 11 is 0. The van der Waals surface area contributed by atoms with Gasteiger partial charge in [-0.05, 0) is 55.1 Å². The van der Waals surface area contributed by atoms with Gasteiger partial charge in [0.2, 0.25) is 53.2 Å². The van der Waals surface area contributed by atoms with Gasteiger partial charge in [0.1, 0.15) is 60.5 Å². The van der Waals surface area contributed by atoms with E-state index in [1.807, 2.05) is 27.7 Å². The number of fused-ring (bicyclic) bond motifs is 13. The van der Waals surface area contributed by atoms with Gasteiger partial charge < -0.3 is 74.5 Å². The monoisotopic (exact) mass is 1100 g/mol. The number of hydrogen-bond donors (Lipinski definition) is 14. The molecule has 0 radical (unpaired) electrons. The first kappa shape index (κ1) is 59.7. The second-order valence-corrected chi connectivity index (χ2v) is 21.2. The van der Waals surface area contributed by atoms with Crippen LogP contribution < -0.4 is 59.3 Å². The Bertz CT molecular complexity index is 2870. The number of H-pyrrole nitrogens is 1. The number of nitrogens with two attached hydrogens (primary N) is 2. The predicted octanol–water partition coefficient (Wildman–Crippen LogP) is -2.69. The minimum Gasteiger partial charge on any atom is -0.481 e. The van der Waals surface area contributed by atoms with Crippen molar-refractivity contribution in [3.8, 4) is 5.82 Å². The maximum atomic E-state index is 15.0. The highest BCUT2D eigenvalue weighted by Crippen LogP contribution is 2.35. The van der Waals surface area contributed by atoms with E-state index in [1.165, 1.54) is 17.1 Å². The lowest BCUT2D eigenvalue weighted by molar-refractivity contribution is -0.147. The fourth-order valence-electron chi connectivity index (χ4n) is 9.90. The molecule has 9 atom stereocenters. The Hall–Kier alpha value is -8.59. The van der Waals surface area contributed by atoms with Gasteiger partial charge in [-0.3, -0.25) is 57.5 Å². The van der Waals surface area contributed by atoms with Gasteiger partial charge in [-0.15, -0.1) is 0 Å². The maximum Gasteiger partial charge on any atom is 0.326 e. The van der Waals surface area contributed by atoms with Gasteiger partial charge in [0.05, 0.1) is 18.7 Å². The van der Waals surface area contributed by atoms with Crippen LogP contribution in [0.3, 0.4) is 0 Å². The highest BCUT2D eigenvalue weighted by molar-refractivity contribution is 6.00. The van der Waals surface area contributed by atoms with Crippen LogP contribution in [0.25, 0.3) is 16.7 Å². The Balaban J connectivity index is 1.57. The summed E-state index contributed by atoms with van der Waals surface area (Å²) in [5.41, 5.74) is 12.6. The van der Waals surface area contributed by atoms with Crippen LogP contribution in [0.1, 0.15) is 103 Å². The van der Waals surface area contributed by atoms with Crippen molar-refractivity contribution in [3.05, 3.63) is 47.5 Å². The van der Waals surface area contributed by atoms with Crippen LogP contribution >= 0.6 is 0 Å². The highest BCUT2D eigenvalue weighted by Gasteiger charge is 2.41. The van der Waals surface area contributed by atoms with Crippen LogP contribution in [0.2, 0.25) is 0 Å². The molecule has 0 spiro atoms. The zero-order valence-electron chi connectivity index (χ0n) is 44.8. The number of benzene rings is 1. The van der Waals surface area contributed by atoms with E-state index in [0.717, 1.165) is 0 Å². The number of hydrogen-bond acceptors (Lipinski definition) is 13. The van der Waals surface area contributed by atoms with Gasteiger partial charge >= 0.3 is 11.9 Å². The summed E-state index contributed by atoms with van der Waals surface area (Å²) in [6, 6.07) is -6.02. The Morgan fingerprint density at radius 1 is 0.797 bits per heavy atom. The molecule has 0 unspecified atom stereocenters. The molecule has 4 aliphatic heterocycles. The number of aliphatic imine (C=N–C) groups is 1.